The normalized spacial score (nSPS) is 10.8. The molecule has 0 saturated carbocycles. The average molecular weight is 273 g/mol. The van der Waals surface area contributed by atoms with Gasteiger partial charge in [-0.2, -0.15) is 5.10 Å². The monoisotopic (exact) mass is 273 g/mol. The lowest BCUT2D eigenvalue weighted by Gasteiger charge is -2.09. The van der Waals surface area contributed by atoms with Crippen LogP contribution in [-0.4, -0.2) is 20.9 Å². The molecule has 0 aliphatic heterocycles. The van der Waals surface area contributed by atoms with Crippen LogP contribution < -0.4 is 5.32 Å². The molecule has 1 aromatic heterocycles. The van der Waals surface area contributed by atoms with Crippen LogP contribution in [0.25, 0.3) is 0 Å². The highest BCUT2D eigenvalue weighted by Crippen LogP contribution is 2.17. The smallest absolute Gasteiger partial charge is 0.335 e. The van der Waals surface area contributed by atoms with E-state index < -0.39 is 5.97 Å². The molecule has 0 saturated heterocycles. The number of aromatic carboxylic acids is 1. The van der Waals surface area contributed by atoms with Crippen LogP contribution in [0.1, 0.15) is 41.4 Å². The molecule has 2 rings (SSSR count). The number of carbonyl (C=O) groups is 1. The van der Waals surface area contributed by atoms with E-state index in [4.69, 9.17) is 5.11 Å². The Morgan fingerprint density at radius 1 is 1.45 bits per heavy atom. The van der Waals surface area contributed by atoms with E-state index in [0.717, 1.165) is 16.8 Å². The molecule has 1 heterocycles. The third kappa shape index (κ3) is 3.17. The van der Waals surface area contributed by atoms with E-state index in [1.54, 1.807) is 18.2 Å². The summed E-state index contributed by atoms with van der Waals surface area (Å²) >= 11 is 0. The number of nitrogens with one attached hydrogen (secondary N) is 1. The molecule has 0 amide bonds. The van der Waals surface area contributed by atoms with Crippen molar-refractivity contribution in [1.29, 1.82) is 0 Å². The molecule has 0 aliphatic carbocycles. The van der Waals surface area contributed by atoms with E-state index >= 15 is 0 Å². The van der Waals surface area contributed by atoms with Crippen LogP contribution in [0.5, 0.6) is 0 Å². The van der Waals surface area contributed by atoms with Crippen molar-refractivity contribution in [3.05, 3.63) is 47.3 Å². The quantitative estimate of drug-likeness (QED) is 0.878. The van der Waals surface area contributed by atoms with Crippen LogP contribution in [0.15, 0.2) is 30.6 Å². The van der Waals surface area contributed by atoms with Gasteiger partial charge in [0.2, 0.25) is 0 Å². The minimum Gasteiger partial charge on any atom is -0.478 e. The minimum absolute atomic E-state index is 0.306. The molecule has 5 nitrogen and oxygen atoms in total. The van der Waals surface area contributed by atoms with Gasteiger partial charge in [-0.05, 0) is 44.5 Å². The Kier molecular flexibility index (Phi) is 4.08. The highest BCUT2D eigenvalue weighted by Gasteiger charge is 2.06. The van der Waals surface area contributed by atoms with Crippen molar-refractivity contribution < 1.29 is 9.90 Å². The highest BCUT2D eigenvalue weighted by molar-refractivity contribution is 5.88. The second kappa shape index (κ2) is 5.77. The second-order valence-electron chi connectivity index (χ2n) is 5.11. The third-order valence-electron chi connectivity index (χ3n) is 3.14. The van der Waals surface area contributed by atoms with Crippen molar-refractivity contribution in [2.75, 3.05) is 5.32 Å². The summed E-state index contributed by atoms with van der Waals surface area (Å²) in [5.74, 6) is -0.905. The summed E-state index contributed by atoms with van der Waals surface area (Å²) in [4.78, 5) is 10.9. The average Bonchev–Trinajstić information content (AvgIpc) is 2.86. The molecule has 0 aliphatic rings. The Bertz CT molecular complexity index is 617. The van der Waals surface area contributed by atoms with Gasteiger partial charge in [-0.3, -0.25) is 4.68 Å². The molecule has 0 radical (unpaired) electrons. The van der Waals surface area contributed by atoms with Crippen molar-refractivity contribution >= 4 is 11.7 Å². The summed E-state index contributed by atoms with van der Waals surface area (Å²) < 4.78 is 1.91. The Hall–Kier alpha value is -2.30. The van der Waals surface area contributed by atoms with E-state index in [1.807, 2.05) is 24.0 Å². The molecule has 20 heavy (non-hydrogen) atoms. The zero-order valence-corrected chi connectivity index (χ0v) is 11.9. The maximum atomic E-state index is 10.9. The highest BCUT2D eigenvalue weighted by atomic mass is 16.4. The van der Waals surface area contributed by atoms with E-state index in [9.17, 15) is 4.79 Å². The number of carboxylic acids is 1. The van der Waals surface area contributed by atoms with Gasteiger partial charge >= 0.3 is 5.97 Å². The first-order chi connectivity index (χ1) is 9.47. The van der Waals surface area contributed by atoms with Crippen molar-refractivity contribution in [3.8, 4) is 0 Å². The molecule has 0 unspecified atom stereocenters. The van der Waals surface area contributed by atoms with Crippen molar-refractivity contribution in [3.63, 3.8) is 0 Å². The Labute approximate surface area is 118 Å². The number of aromatic nitrogens is 2. The lowest BCUT2D eigenvalue weighted by Crippen LogP contribution is -2.03. The summed E-state index contributed by atoms with van der Waals surface area (Å²) in [6.07, 6.45) is 3.85. The molecule has 0 spiro atoms. The standard InChI is InChI=1S/C15H19N3O2/c1-10(2)18-9-12(8-17-18)7-16-14-5-4-13(15(19)20)6-11(14)3/h4-6,8-10,16H,7H2,1-3H3,(H,19,20). The first-order valence-electron chi connectivity index (χ1n) is 6.58. The summed E-state index contributed by atoms with van der Waals surface area (Å²) in [6.45, 7) is 6.73. The van der Waals surface area contributed by atoms with Crippen LogP contribution >= 0.6 is 0 Å². The van der Waals surface area contributed by atoms with Gasteiger partial charge in [0.15, 0.2) is 0 Å². The van der Waals surface area contributed by atoms with Gasteiger partial charge in [-0.25, -0.2) is 4.79 Å². The Balaban J connectivity index is 2.05. The largest absolute Gasteiger partial charge is 0.478 e. The maximum absolute atomic E-state index is 10.9. The van der Waals surface area contributed by atoms with Gasteiger partial charge in [-0.15, -0.1) is 0 Å². The van der Waals surface area contributed by atoms with E-state index in [1.165, 1.54) is 0 Å². The molecule has 0 fully saturated rings. The van der Waals surface area contributed by atoms with Crippen LogP contribution in [0.3, 0.4) is 0 Å². The summed E-state index contributed by atoms with van der Waals surface area (Å²) in [5.41, 5.74) is 3.26. The summed E-state index contributed by atoms with van der Waals surface area (Å²) in [5, 5.41) is 16.5. The molecule has 2 aromatic rings. The van der Waals surface area contributed by atoms with E-state index in [0.29, 0.717) is 18.2 Å². The summed E-state index contributed by atoms with van der Waals surface area (Å²) in [6, 6.07) is 5.42. The Morgan fingerprint density at radius 3 is 2.75 bits per heavy atom. The van der Waals surface area contributed by atoms with Crippen molar-refractivity contribution in [1.82, 2.24) is 9.78 Å². The van der Waals surface area contributed by atoms with Crippen LogP contribution in [-0.2, 0) is 6.54 Å². The fourth-order valence-electron chi connectivity index (χ4n) is 1.94. The lowest BCUT2D eigenvalue weighted by atomic mass is 10.1. The third-order valence-corrected chi connectivity index (χ3v) is 3.14. The summed E-state index contributed by atoms with van der Waals surface area (Å²) in [7, 11) is 0. The van der Waals surface area contributed by atoms with Crippen LogP contribution in [0, 0.1) is 6.92 Å². The fraction of sp³-hybridized carbons (Fsp3) is 0.333. The second-order valence-corrected chi connectivity index (χ2v) is 5.11. The molecule has 106 valence electrons. The fourth-order valence-corrected chi connectivity index (χ4v) is 1.94. The number of hydrogen-bond donors (Lipinski definition) is 2. The van der Waals surface area contributed by atoms with Gasteiger partial charge < -0.3 is 10.4 Å². The predicted molar refractivity (Wildman–Crippen MR) is 78.1 cm³/mol. The van der Waals surface area contributed by atoms with Crippen molar-refractivity contribution in [2.24, 2.45) is 0 Å². The number of nitrogens with zero attached hydrogens (tertiary/aromatic N) is 2. The first kappa shape index (κ1) is 14.1. The predicted octanol–water partition coefficient (Wildman–Crippen LogP) is 3.08. The number of rotatable bonds is 5. The van der Waals surface area contributed by atoms with Gasteiger partial charge in [0.05, 0.1) is 11.8 Å². The van der Waals surface area contributed by atoms with Crippen LogP contribution in [0.2, 0.25) is 0 Å². The zero-order chi connectivity index (χ0) is 14.7. The van der Waals surface area contributed by atoms with E-state index in [-0.39, 0.29) is 0 Å². The number of anilines is 1. The van der Waals surface area contributed by atoms with Gasteiger partial charge in [0.1, 0.15) is 0 Å². The molecular weight excluding hydrogens is 254 g/mol. The van der Waals surface area contributed by atoms with Crippen molar-refractivity contribution in [2.45, 2.75) is 33.4 Å². The molecule has 1 aromatic carbocycles. The molecule has 2 N–H and O–H groups in total. The Morgan fingerprint density at radius 2 is 2.20 bits per heavy atom. The minimum atomic E-state index is -0.905. The number of carboxylic acid groups (broad SMARTS) is 1. The van der Waals surface area contributed by atoms with Gasteiger partial charge in [-0.1, -0.05) is 0 Å². The maximum Gasteiger partial charge on any atom is 0.335 e. The van der Waals surface area contributed by atoms with Crippen LogP contribution in [0.4, 0.5) is 5.69 Å². The molecular formula is C15H19N3O2. The number of benzene rings is 1. The molecule has 5 heteroatoms. The zero-order valence-electron chi connectivity index (χ0n) is 11.9. The topological polar surface area (TPSA) is 67.2 Å². The van der Waals surface area contributed by atoms with E-state index in [2.05, 4.69) is 24.3 Å². The molecule has 0 atom stereocenters. The lowest BCUT2D eigenvalue weighted by molar-refractivity contribution is 0.0697. The van der Waals surface area contributed by atoms with Gasteiger partial charge in [0.25, 0.3) is 0 Å². The SMILES string of the molecule is Cc1cc(C(=O)O)ccc1NCc1cnn(C(C)C)c1. The first-order valence-corrected chi connectivity index (χ1v) is 6.58. The van der Waals surface area contributed by atoms with Gasteiger partial charge in [0, 0.05) is 30.0 Å². The number of aryl methyl sites for hydroxylation is 1. The number of hydrogen-bond acceptors (Lipinski definition) is 3. The molecule has 0 bridgehead atoms.